The van der Waals surface area contributed by atoms with E-state index in [4.69, 9.17) is 4.74 Å². The van der Waals surface area contributed by atoms with Crippen LogP contribution in [0.25, 0.3) is 10.6 Å². The fourth-order valence-electron chi connectivity index (χ4n) is 2.33. The number of aromatic nitrogens is 1. The topological polar surface area (TPSA) is 85.4 Å². The summed E-state index contributed by atoms with van der Waals surface area (Å²) in [5.41, 5.74) is 1.55. The number of carbonyl (C=O) groups excluding carboxylic acids is 1. The van der Waals surface area contributed by atoms with Gasteiger partial charge in [0.05, 0.1) is 17.0 Å². The summed E-state index contributed by atoms with van der Waals surface area (Å²) in [5, 5.41) is 2.58. The van der Waals surface area contributed by atoms with E-state index in [0.29, 0.717) is 11.8 Å². The first-order chi connectivity index (χ1) is 13.8. The molecule has 1 N–H and O–H groups in total. The lowest BCUT2D eigenvalue weighted by Gasteiger charge is -2.07. The highest BCUT2D eigenvalue weighted by Crippen LogP contribution is 2.23. The van der Waals surface area contributed by atoms with Crippen molar-refractivity contribution in [3.8, 4) is 10.6 Å². The standard InChI is InChI=1S/C19H16F2N2O4S2/c20-16-7-6-15(10-17(16)21)29(25,26)22-9-8-18(24)27-11-14-12-28-19(23-14)13-4-2-1-3-5-13/h1-7,10,12,22H,8-9,11H2. The number of halogens is 2. The maximum atomic E-state index is 13.2. The van der Waals surface area contributed by atoms with Crippen molar-refractivity contribution in [3.05, 3.63) is 71.2 Å². The first-order valence-corrected chi connectivity index (χ1v) is 10.8. The number of nitrogens with zero attached hydrogens (tertiary/aromatic N) is 1. The molecule has 3 aromatic rings. The molecular weight excluding hydrogens is 422 g/mol. The van der Waals surface area contributed by atoms with Gasteiger partial charge in [-0.2, -0.15) is 0 Å². The van der Waals surface area contributed by atoms with Crippen LogP contribution in [0.1, 0.15) is 12.1 Å². The van der Waals surface area contributed by atoms with Gasteiger partial charge in [-0.1, -0.05) is 30.3 Å². The highest BCUT2D eigenvalue weighted by atomic mass is 32.2. The van der Waals surface area contributed by atoms with E-state index in [2.05, 4.69) is 9.71 Å². The molecule has 0 spiro atoms. The van der Waals surface area contributed by atoms with Crippen LogP contribution >= 0.6 is 11.3 Å². The van der Waals surface area contributed by atoms with Crippen LogP contribution in [-0.2, 0) is 26.2 Å². The number of benzene rings is 2. The van der Waals surface area contributed by atoms with E-state index in [1.807, 2.05) is 30.3 Å². The summed E-state index contributed by atoms with van der Waals surface area (Å²) < 4.78 is 57.4. The van der Waals surface area contributed by atoms with Gasteiger partial charge in [-0.25, -0.2) is 26.9 Å². The predicted molar refractivity (Wildman–Crippen MR) is 104 cm³/mol. The SMILES string of the molecule is O=C(CCNS(=O)(=O)c1ccc(F)c(F)c1)OCc1csc(-c2ccccc2)n1. The van der Waals surface area contributed by atoms with Crippen molar-refractivity contribution < 1.29 is 26.7 Å². The number of ether oxygens (including phenoxy) is 1. The molecule has 0 unspecified atom stereocenters. The number of hydrogen-bond acceptors (Lipinski definition) is 6. The fraction of sp³-hybridized carbons (Fsp3) is 0.158. The van der Waals surface area contributed by atoms with Crippen LogP contribution < -0.4 is 4.72 Å². The summed E-state index contributed by atoms with van der Waals surface area (Å²) >= 11 is 1.42. The minimum atomic E-state index is -4.06. The molecule has 1 aromatic heterocycles. The molecule has 0 saturated heterocycles. The number of nitrogens with one attached hydrogen (secondary N) is 1. The van der Waals surface area contributed by atoms with Gasteiger partial charge in [0.1, 0.15) is 11.6 Å². The summed E-state index contributed by atoms with van der Waals surface area (Å²) in [5.74, 6) is -3.04. The number of sulfonamides is 1. The smallest absolute Gasteiger partial charge is 0.307 e. The van der Waals surface area contributed by atoms with Crippen molar-refractivity contribution in [3.63, 3.8) is 0 Å². The summed E-state index contributed by atoms with van der Waals surface area (Å²) in [6, 6.07) is 11.8. The van der Waals surface area contributed by atoms with Gasteiger partial charge in [-0.05, 0) is 18.2 Å². The van der Waals surface area contributed by atoms with Crippen LogP contribution in [0.4, 0.5) is 8.78 Å². The second-order valence-electron chi connectivity index (χ2n) is 5.89. The average Bonchev–Trinajstić information content (AvgIpc) is 3.18. The first-order valence-electron chi connectivity index (χ1n) is 8.45. The number of hydrogen-bond donors (Lipinski definition) is 1. The van der Waals surface area contributed by atoms with Gasteiger partial charge in [-0.15, -0.1) is 11.3 Å². The molecule has 0 fully saturated rings. The molecule has 6 nitrogen and oxygen atoms in total. The summed E-state index contributed by atoms with van der Waals surface area (Å²) in [6.07, 6.45) is -0.224. The first kappa shape index (κ1) is 21.0. The molecule has 0 radical (unpaired) electrons. The van der Waals surface area contributed by atoms with Crippen LogP contribution in [0.2, 0.25) is 0 Å². The van der Waals surface area contributed by atoms with E-state index in [9.17, 15) is 22.0 Å². The highest BCUT2D eigenvalue weighted by Gasteiger charge is 2.17. The molecule has 1 heterocycles. The Kier molecular flexibility index (Phi) is 6.68. The summed E-state index contributed by atoms with van der Waals surface area (Å²) in [6.45, 7) is -0.273. The van der Waals surface area contributed by atoms with Gasteiger partial charge in [0.15, 0.2) is 11.6 Å². The van der Waals surface area contributed by atoms with E-state index in [1.54, 1.807) is 5.38 Å². The van der Waals surface area contributed by atoms with Gasteiger partial charge in [-0.3, -0.25) is 4.79 Å². The maximum Gasteiger partial charge on any atom is 0.307 e. The largest absolute Gasteiger partial charge is 0.459 e. The molecule has 0 aliphatic heterocycles. The van der Waals surface area contributed by atoms with Gasteiger partial charge < -0.3 is 4.74 Å². The lowest BCUT2D eigenvalue weighted by molar-refractivity contribution is -0.144. The molecule has 3 rings (SSSR count). The molecule has 0 aliphatic carbocycles. The second kappa shape index (κ2) is 9.21. The van der Waals surface area contributed by atoms with Crippen LogP contribution in [0.15, 0.2) is 58.8 Å². The molecule has 0 saturated carbocycles. The van der Waals surface area contributed by atoms with Crippen molar-refractivity contribution in [1.82, 2.24) is 9.71 Å². The lowest BCUT2D eigenvalue weighted by atomic mass is 10.2. The van der Waals surface area contributed by atoms with Gasteiger partial charge in [0, 0.05) is 17.5 Å². The van der Waals surface area contributed by atoms with E-state index >= 15 is 0 Å². The predicted octanol–water partition coefficient (Wildman–Crippen LogP) is 3.50. The van der Waals surface area contributed by atoms with Crippen molar-refractivity contribution in [2.75, 3.05) is 6.54 Å². The number of esters is 1. The Labute approximate surface area is 170 Å². The highest BCUT2D eigenvalue weighted by molar-refractivity contribution is 7.89. The minimum Gasteiger partial charge on any atom is -0.459 e. The van der Waals surface area contributed by atoms with Gasteiger partial charge >= 0.3 is 5.97 Å². The Morgan fingerprint density at radius 3 is 2.59 bits per heavy atom. The summed E-state index contributed by atoms with van der Waals surface area (Å²) in [4.78, 5) is 15.8. The Bertz CT molecular complexity index is 1100. The lowest BCUT2D eigenvalue weighted by Crippen LogP contribution is -2.27. The summed E-state index contributed by atoms with van der Waals surface area (Å²) in [7, 11) is -4.06. The third-order valence-electron chi connectivity index (χ3n) is 3.78. The molecule has 29 heavy (non-hydrogen) atoms. The number of carbonyl (C=O) groups is 1. The Balaban J connectivity index is 1.47. The molecule has 0 atom stereocenters. The zero-order valence-corrected chi connectivity index (χ0v) is 16.6. The zero-order chi connectivity index (χ0) is 20.9. The van der Waals surface area contributed by atoms with E-state index in [-0.39, 0.29) is 19.6 Å². The van der Waals surface area contributed by atoms with Crippen molar-refractivity contribution >= 4 is 27.3 Å². The molecule has 0 bridgehead atoms. The maximum absolute atomic E-state index is 13.2. The van der Waals surface area contributed by atoms with Crippen LogP contribution in [0.3, 0.4) is 0 Å². The van der Waals surface area contributed by atoms with Crippen molar-refractivity contribution in [1.29, 1.82) is 0 Å². The molecule has 2 aromatic carbocycles. The Morgan fingerprint density at radius 2 is 1.86 bits per heavy atom. The Morgan fingerprint density at radius 1 is 1.10 bits per heavy atom. The number of thiazole rings is 1. The third kappa shape index (κ3) is 5.66. The molecular formula is C19H16F2N2O4S2. The van der Waals surface area contributed by atoms with Crippen molar-refractivity contribution in [2.24, 2.45) is 0 Å². The molecule has 10 heteroatoms. The van der Waals surface area contributed by atoms with Crippen LogP contribution in [-0.4, -0.2) is 25.9 Å². The molecule has 152 valence electrons. The molecule has 0 aliphatic rings. The zero-order valence-electron chi connectivity index (χ0n) is 15.0. The fourth-order valence-corrected chi connectivity index (χ4v) is 4.18. The third-order valence-corrected chi connectivity index (χ3v) is 6.17. The van der Waals surface area contributed by atoms with E-state index in [0.717, 1.165) is 22.7 Å². The molecule has 0 amide bonds. The van der Waals surface area contributed by atoms with Crippen LogP contribution in [0, 0.1) is 11.6 Å². The quantitative estimate of drug-likeness (QED) is 0.544. The van der Waals surface area contributed by atoms with E-state index in [1.165, 1.54) is 11.3 Å². The van der Waals surface area contributed by atoms with Gasteiger partial charge in [0.2, 0.25) is 10.0 Å². The number of rotatable bonds is 8. The monoisotopic (exact) mass is 438 g/mol. The van der Waals surface area contributed by atoms with Crippen molar-refractivity contribution in [2.45, 2.75) is 17.9 Å². The Hall–Kier alpha value is -2.69. The average molecular weight is 438 g/mol. The minimum absolute atomic E-state index is 0.0297. The van der Waals surface area contributed by atoms with Crippen LogP contribution in [0.5, 0.6) is 0 Å². The van der Waals surface area contributed by atoms with E-state index < -0.39 is 32.5 Å². The second-order valence-corrected chi connectivity index (χ2v) is 8.52. The van der Waals surface area contributed by atoms with Gasteiger partial charge in [0.25, 0.3) is 0 Å². The normalized spacial score (nSPS) is 11.4.